The van der Waals surface area contributed by atoms with Gasteiger partial charge in [0, 0.05) is 10.6 Å². The molecule has 0 saturated carbocycles. The van der Waals surface area contributed by atoms with Crippen LogP contribution in [0.3, 0.4) is 0 Å². The molecular weight excluding hydrogens is 375 g/mol. The Morgan fingerprint density at radius 3 is 2.24 bits per heavy atom. The molecule has 0 atom stereocenters. The second-order valence-electron chi connectivity index (χ2n) is 4.73. The van der Waals surface area contributed by atoms with Crippen LogP contribution in [0.25, 0.3) is 11.3 Å². The molecule has 0 aliphatic rings. The molecule has 0 radical (unpaired) electrons. The van der Waals surface area contributed by atoms with Crippen LogP contribution in [-0.4, -0.2) is 5.30 Å². The van der Waals surface area contributed by atoms with Crippen LogP contribution >= 0.6 is 24.2 Å². The molecule has 0 amide bonds. The average Bonchev–Trinajstić information content (AvgIpc) is 2.55. The molecule has 0 saturated heterocycles. The van der Waals surface area contributed by atoms with Gasteiger partial charge in [0.05, 0.1) is 5.56 Å². The van der Waals surface area contributed by atoms with Crippen molar-refractivity contribution in [2.24, 2.45) is 0 Å². The zero-order valence-electron chi connectivity index (χ0n) is 12.3. The second kappa shape index (κ2) is 7.64. The summed E-state index contributed by atoms with van der Waals surface area (Å²) in [6.45, 7) is 0. The smallest absolute Gasteiger partial charge is 0.416 e. The van der Waals surface area contributed by atoms with Gasteiger partial charge in [-0.2, -0.15) is 18.4 Å². The normalized spacial score (nSPS) is 12.2. The molecule has 0 aliphatic carbocycles. The molecule has 3 nitrogen and oxygen atoms in total. The molecule has 2 rings (SSSR count). The topological polar surface area (TPSA) is 50.1 Å². The first-order valence-electron chi connectivity index (χ1n) is 6.71. The minimum absolute atomic E-state index is 0.244. The van der Waals surface area contributed by atoms with Gasteiger partial charge in [-0.3, -0.25) is 0 Å². The van der Waals surface area contributed by atoms with E-state index in [1.807, 2.05) is 0 Å². The lowest BCUT2D eigenvalue weighted by Crippen LogP contribution is -2.11. The third-order valence-corrected chi connectivity index (χ3v) is 3.48. The molecule has 128 valence electrons. The fourth-order valence-electron chi connectivity index (χ4n) is 2.12. The maximum atomic E-state index is 13.3. The standard InChI is InChI=1S/C17H9ClF3NO2S/c18-11-7-5-10(6-8-11)13(9-22)15(24-16(23)25)12-3-1-2-4-14(12)17(19,20)21/h1-8H,(H,23,25)/b15-13-. The lowest BCUT2D eigenvalue weighted by molar-refractivity contribution is -0.137. The summed E-state index contributed by atoms with van der Waals surface area (Å²) >= 11 is 9.23. The number of alkyl halides is 3. The first-order chi connectivity index (χ1) is 11.7. The number of benzene rings is 2. The first-order valence-corrected chi connectivity index (χ1v) is 7.54. The first kappa shape index (κ1) is 18.9. The molecule has 0 heterocycles. The Balaban J connectivity index is 2.78. The number of thiol groups is 1. The number of carbonyl (C=O) groups excluding carboxylic acids is 1. The molecular formula is C17H9ClF3NO2S. The lowest BCUT2D eigenvalue weighted by Gasteiger charge is -2.16. The highest BCUT2D eigenvalue weighted by Gasteiger charge is 2.35. The molecule has 8 heteroatoms. The van der Waals surface area contributed by atoms with Gasteiger partial charge in [-0.1, -0.05) is 54.6 Å². The quantitative estimate of drug-likeness (QED) is 0.239. The third kappa shape index (κ3) is 4.56. The largest absolute Gasteiger partial charge is 0.417 e. The number of ether oxygens (including phenoxy) is 1. The van der Waals surface area contributed by atoms with E-state index in [0.29, 0.717) is 5.02 Å². The minimum Gasteiger partial charge on any atom is -0.416 e. The SMILES string of the molecule is N#C/C(=C(/OC(=O)S)c1ccccc1C(F)(F)F)c1ccc(Cl)cc1. The zero-order chi connectivity index (χ0) is 18.6. The molecule has 2 aromatic carbocycles. The molecule has 0 unspecified atom stereocenters. The van der Waals surface area contributed by atoms with Crippen molar-refractivity contribution < 1.29 is 22.7 Å². The molecule has 0 bridgehead atoms. The Hall–Kier alpha value is -2.43. The van der Waals surface area contributed by atoms with Crippen LogP contribution in [0.1, 0.15) is 16.7 Å². The molecule has 0 spiro atoms. The highest BCUT2D eigenvalue weighted by Crippen LogP contribution is 2.38. The molecule has 25 heavy (non-hydrogen) atoms. The van der Waals surface area contributed by atoms with Gasteiger partial charge in [0.15, 0.2) is 5.76 Å². The predicted octanol–water partition coefficient (Wildman–Crippen LogP) is 5.82. The summed E-state index contributed by atoms with van der Waals surface area (Å²) in [7, 11) is 0. The second-order valence-corrected chi connectivity index (χ2v) is 5.54. The number of hydrogen-bond acceptors (Lipinski definition) is 3. The zero-order valence-corrected chi connectivity index (χ0v) is 14.0. The van der Waals surface area contributed by atoms with Gasteiger partial charge < -0.3 is 4.74 Å². The monoisotopic (exact) mass is 383 g/mol. The van der Waals surface area contributed by atoms with E-state index in [1.165, 1.54) is 36.4 Å². The Kier molecular flexibility index (Phi) is 5.77. The van der Waals surface area contributed by atoms with E-state index in [2.05, 4.69) is 12.6 Å². The van der Waals surface area contributed by atoms with E-state index >= 15 is 0 Å². The van der Waals surface area contributed by atoms with Crippen LogP contribution < -0.4 is 0 Å². The van der Waals surface area contributed by atoms with Gasteiger partial charge in [-0.15, -0.1) is 0 Å². The summed E-state index contributed by atoms with van der Waals surface area (Å²) in [5.41, 5.74) is -1.49. The number of halogens is 4. The van der Waals surface area contributed by atoms with Gasteiger partial charge in [0.2, 0.25) is 0 Å². The van der Waals surface area contributed by atoms with Crippen LogP contribution in [0.5, 0.6) is 0 Å². The van der Waals surface area contributed by atoms with E-state index in [4.69, 9.17) is 16.3 Å². The van der Waals surface area contributed by atoms with Crippen LogP contribution in [0.2, 0.25) is 5.02 Å². The Bertz CT molecular complexity index is 871. The Labute approximate surface area is 151 Å². The summed E-state index contributed by atoms with van der Waals surface area (Å²) in [6.07, 6.45) is -4.70. The van der Waals surface area contributed by atoms with Crippen molar-refractivity contribution in [2.75, 3.05) is 0 Å². The van der Waals surface area contributed by atoms with Gasteiger partial charge in [0.25, 0.3) is 0 Å². The molecule has 0 aliphatic heterocycles. The third-order valence-electron chi connectivity index (χ3n) is 3.14. The van der Waals surface area contributed by atoms with Crippen LogP contribution in [0.4, 0.5) is 18.0 Å². The van der Waals surface area contributed by atoms with Crippen LogP contribution in [-0.2, 0) is 10.9 Å². The van der Waals surface area contributed by atoms with Crippen molar-refractivity contribution >= 4 is 40.9 Å². The van der Waals surface area contributed by atoms with Crippen molar-refractivity contribution in [2.45, 2.75) is 6.18 Å². The number of allylic oxidation sites excluding steroid dienone is 1. The maximum Gasteiger partial charge on any atom is 0.417 e. The van der Waals surface area contributed by atoms with Crippen LogP contribution in [0.15, 0.2) is 48.5 Å². The fraction of sp³-hybridized carbons (Fsp3) is 0.0588. The summed E-state index contributed by atoms with van der Waals surface area (Å²) in [5.74, 6) is -0.530. The van der Waals surface area contributed by atoms with Gasteiger partial charge in [0.1, 0.15) is 11.6 Å². The fourth-order valence-corrected chi connectivity index (χ4v) is 2.34. The van der Waals surface area contributed by atoms with Gasteiger partial charge >= 0.3 is 11.5 Å². The Morgan fingerprint density at radius 1 is 1.12 bits per heavy atom. The number of nitrogens with zero attached hydrogens (tertiary/aromatic N) is 1. The summed E-state index contributed by atoms with van der Waals surface area (Å²) in [4.78, 5) is 11.3. The number of carbonyl (C=O) groups is 1. The van der Waals surface area contributed by atoms with E-state index in [0.717, 1.165) is 12.1 Å². The highest BCUT2D eigenvalue weighted by molar-refractivity contribution is 7.96. The van der Waals surface area contributed by atoms with Gasteiger partial charge in [-0.05, 0) is 23.8 Å². The minimum atomic E-state index is -4.70. The van der Waals surface area contributed by atoms with Crippen molar-refractivity contribution in [3.05, 3.63) is 70.2 Å². The van der Waals surface area contributed by atoms with E-state index in [-0.39, 0.29) is 11.1 Å². The van der Waals surface area contributed by atoms with E-state index in [9.17, 15) is 23.2 Å². The average molecular weight is 384 g/mol. The molecule has 0 aromatic heterocycles. The summed E-state index contributed by atoms with van der Waals surface area (Å²) < 4.78 is 44.7. The van der Waals surface area contributed by atoms with Crippen molar-refractivity contribution in [1.82, 2.24) is 0 Å². The summed E-state index contributed by atoms with van der Waals surface area (Å²) in [5, 5.41) is 8.68. The number of hydrogen-bond donors (Lipinski definition) is 1. The molecule has 0 fully saturated rings. The molecule has 2 aromatic rings. The van der Waals surface area contributed by atoms with Crippen LogP contribution in [0, 0.1) is 11.3 Å². The van der Waals surface area contributed by atoms with Crippen molar-refractivity contribution in [1.29, 1.82) is 5.26 Å². The van der Waals surface area contributed by atoms with Crippen molar-refractivity contribution in [3.63, 3.8) is 0 Å². The number of rotatable bonds is 3. The van der Waals surface area contributed by atoms with E-state index in [1.54, 1.807) is 6.07 Å². The van der Waals surface area contributed by atoms with Gasteiger partial charge in [-0.25, -0.2) is 4.79 Å². The molecule has 0 N–H and O–H groups in total. The lowest BCUT2D eigenvalue weighted by atomic mass is 9.98. The van der Waals surface area contributed by atoms with Crippen molar-refractivity contribution in [3.8, 4) is 6.07 Å². The van der Waals surface area contributed by atoms with E-state index < -0.39 is 28.4 Å². The Morgan fingerprint density at radius 2 is 1.72 bits per heavy atom. The maximum absolute atomic E-state index is 13.3. The number of nitriles is 1. The highest BCUT2D eigenvalue weighted by atomic mass is 35.5. The summed E-state index contributed by atoms with van der Waals surface area (Å²) in [6, 6.07) is 12.1. The predicted molar refractivity (Wildman–Crippen MR) is 90.8 cm³/mol.